The molecule has 1 unspecified atom stereocenters. The van der Waals surface area contributed by atoms with Gasteiger partial charge < -0.3 is 10.3 Å². The van der Waals surface area contributed by atoms with E-state index in [9.17, 15) is 4.39 Å². The molecular formula is C12H13BrFN3. The molecule has 1 heterocycles. The molecule has 0 aliphatic carbocycles. The number of imidazole rings is 1. The second kappa shape index (κ2) is 5.42. The van der Waals surface area contributed by atoms with Crippen molar-refractivity contribution in [2.75, 3.05) is 7.05 Å². The van der Waals surface area contributed by atoms with E-state index in [1.54, 1.807) is 12.4 Å². The molecule has 0 aliphatic heterocycles. The Kier molecular flexibility index (Phi) is 3.91. The number of hydrogen-bond acceptors (Lipinski definition) is 2. The third kappa shape index (κ3) is 3.14. The molecule has 0 radical (unpaired) electrons. The van der Waals surface area contributed by atoms with E-state index in [1.807, 2.05) is 13.1 Å². The van der Waals surface area contributed by atoms with Crippen LogP contribution in [0.15, 0.2) is 35.1 Å². The van der Waals surface area contributed by atoms with Crippen LogP contribution in [-0.4, -0.2) is 17.0 Å². The second-order valence-corrected chi connectivity index (χ2v) is 4.70. The normalized spacial score (nSPS) is 12.6. The molecule has 0 fully saturated rings. The summed E-state index contributed by atoms with van der Waals surface area (Å²) >= 11 is 3.30. The van der Waals surface area contributed by atoms with Gasteiger partial charge in [-0.1, -0.05) is 15.9 Å². The van der Waals surface area contributed by atoms with Crippen molar-refractivity contribution in [3.8, 4) is 0 Å². The number of nitrogens with zero attached hydrogens (tertiary/aromatic N) is 1. The third-order valence-corrected chi connectivity index (χ3v) is 3.05. The third-order valence-electron chi connectivity index (χ3n) is 2.59. The molecular weight excluding hydrogens is 285 g/mol. The maximum Gasteiger partial charge on any atom is 0.124 e. The minimum absolute atomic E-state index is 0.0353. The number of aromatic nitrogens is 2. The number of benzene rings is 1. The molecule has 3 nitrogen and oxygen atoms in total. The van der Waals surface area contributed by atoms with Gasteiger partial charge in [0.05, 0.1) is 0 Å². The van der Waals surface area contributed by atoms with Gasteiger partial charge in [-0.3, -0.25) is 0 Å². The van der Waals surface area contributed by atoms with Crippen LogP contribution < -0.4 is 5.32 Å². The first-order valence-corrected chi connectivity index (χ1v) is 6.10. The number of aromatic amines is 1. The molecule has 0 amide bonds. The molecule has 2 aromatic rings. The van der Waals surface area contributed by atoms with Gasteiger partial charge in [-0.25, -0.2) is 9.37 Å². The van der Waals surface area contributed by atoms with Crippen molar-refractivity contribution in [2.45, 2.75) is 12.5 Å². The lowest BCUT2D eigenvalue weighted by atomic mass is 10.0. The van der Waals surface area contributed by atoms with Crippen LogP contribution in [0.4, 0.5) is 4.39 Å². The van der Waals surface area contributed by atoms with E-state index in [1.165, 1.54) is 12.1 Å². The second-order valence-electron chi connectivity index (χ2n) is 3.78. The van der Waals surface area contributed by atoms with Gasteiger partial charge in [0, 0.05) is 29.3 Å². The fourth-order valence-electron chi connectivity index (χ4n) is 1.77. The van der Waals surface area contributed by atoms with Gasteiger partial charge in [0.25, 0.3) is 0 Å². The van der Waals surface area contributed by atoms with Crippen molar-refractivity contribution in [3.05, 3.63) is 52.3 Å². The Morgan fingerprint density at radius 1 is 1.47 bits per heavy atom. The highest BCUT2D eigenvalue weighted by Crippen LogP contribution is 2.22. The van der Waals surface area contributed by atoms with Crippen molar-refractivity contribution in [2.24, 2.45) is 0 Å². The largest absolute Gasteiger partial charge is 0.349 e. The summed E-state index contributed by atoms with van der Waals surface area (Å²) in [7, 11) is 1.85. The Morgan fingerprint density at radius 2 is 2.29 bits per heavy atom. The number of rotatable bonds is 4. The Hall–Kier alpha value is -1.20. The minimum Gasteiger partial charge on any atom is -0.349 e. The molecule has 1 atom stereocenters. The van der Waals surface area contributed by atoms with Gasteiger partial charge in [0.2, 0.25) is 0 Å². The summed E-state index contributed by atoms with van der Waals surface area (Å²) in [4.78, 5) is 7.22. The molecule has 2 rings (SSSR count). The summed E-state index contributed by atoms with van der Waals surface area (Å²) in [5.74, 6) is 0.638. The molecule has 0 saturated carbocycles. The van der Waals surface area contributed by atoms with Crippen LogP contribution in [0.25, 0.3) is 0 Å². The molecule has 2 N–H and O–H groups in total. The van der Waals surface area contributed by atoms with E-state index >= 15 is 0 Å². The first-order chi connectivity index (χ1) is 8.19. The highest BCUT2D eigenvalue weighted by molar-refractivity contribution is 9.10. The Balaban J connectivity index is 2.22. The van der Waals surface area contributed by atoms with Gasteiger partial charge in [0.15, 0.2) is 0 Å². The molecule has 5 heteroatoms. The smallest absolute Gasteiger partial charge is 0.124 e. The summed E-state index contributed by atoms with van der Waals surface area (Å²) in [6.45, 7) is 0. The molecule has 0 saturated heterocycles. The van der Waals surface area contributed by atoms with Crippen molar-refractivity contribution in [1.82, 2.24) is 15.3 Å². The fourth-order valence-corrected chi connectivity index (χ4v) is 2.25. The lowest BCUT2D eigenvalue weighted by molar-refractivity contribution is 0.566. The van der Waals surface area contributed by atoms with Crippen LogP contribution in [0.1, 0.15) is 17.4 Å². The molecule has 0 aliphatic rings. The monoisotopic (exact) mass is 297 g/mol. The van der Waals surface area contributed by atoms with Crippen LogP contribution >= 0.6 is 15.9 Å². The molecule has 0 spiro atoms. The van der Waals surface area contributed by atoms with Gasteiger partial charge in [0.1, 0.15) is 11.6 Å². The van der Waals surface area contributed by atoms with Gasteiger partial charge in [-0.15, -0.1) is 0 Å². The quantitative estimate of drug-likeness (QED) is 0.911. The minimum atomic E-state index is -0.242. The zero-order valence-corrected chi connectivity index (χ0v) is 11.0. The molecule has 0 bridgehead atoms. The zero-order valence-electron chi connectivity index (χ0n) is 9.37. The Labute approximate surface area is 108 Å². The summed E-state index contributed by atoms with van der Waals surface area (Å²) in [5.41, 5.74) is 0.899. The van der Waals surface area contributed by atoms with Crippen molar-refractivity contribution in [1.29, 1.82) is 0 Å². The topological polar surface area (TPSA) is 40.7 Å². The SMILES string of the molecule is CNC(Cc1ncc[nH]1)c1cc(F)cc(Br)c1. The van der Waals surface area contributed by atoms with Crippen molar-refractivity contribution >= 4 is 15.9 Å². The highest BCUT2D eigenvalue weighted by Gasteiger charge is 2.13. The maximum absolute atomic E-state index is 13.3. The average molecular weight is 298 g/mol. The lowest BCUT2D eigenvalue weighted by Crippen LogP contribution is -2.19. The zero-order chi connectivity index (χ0) is 12.3. The summed E-state index contributed by atoms with van der Waals surface area (Å²) in [5, 5.41) is 3.16. The molecule has 1 aromatic carbocycles. The van der Waals surface area contributed by atoms with E-state index < -0.39 is 0 Å². The van der Waals surface area contributed by atoms with E-state index in [4.69, 9.17) is 0 Å². The van der Waals surface area contributed by atoms with Crippen LogP contribution in [-0.2, 0) is 6.42 Å². The maximum atomic E-state index is 13.3. The number of nitrogens with one attached hydrogen (secondary N) is 2. The summed E-state index contributed by atoms with van der Waals surface area (Å²) < 4.78 is 14.1. The first-order valence-electron chi connectivity index (χ1n) is 5.30. The van der Waals surface area contributed by atoms with Gasteiger partial charge in [-0.2, -0.15) is 0 Å². The highest BCUT2D eigenvalue weighted by atomic mass is 79.9. The number of likely N-dealkylation sites (N-methyl/N-ethyl adjacent to an activating group) is 1. The molecule has 90 valence electrons. The predicted molar refractivity (Wildman–Crippen MR) is 68.2 cm³/mol. The van der Waals surface area contributed by atoms with E-state index in [0.29, 0.717) is 6.42 Å². The number of halogens is 2. The van der Waals surface area contributed by atoms with Crippen LogP contribution in [0.5, 0.6) is 0 Å². The fraction of sp³-hybridized carbons (Fsp3) is 0.250. The van der Waals surface area contributed by atoms with Crippen molar-refractivity contribution < 1.29 is 4.39 Å². The Bertz CT molecular complexity index is 464. The van der Waals surface area contributed by atoms with Gasteiger partial charge in [-0.05, 0) is 30.8 Å². The van der Waals surface area contributed by atoms with E-state index in [0.717, 1.165) is 15.9 Å². The van der Waals surface area contributed by atoms with Gasteiger partial charge >= 0.3 is 0 Å². The number of H-pyrrole nitrogens is 1. The van der Waals surface area contributed by atoms with E-state index in [-0.39, 0.29) is 11.9 Å². The van der Waals surface area contributed by atoms with E-state index in [2.05, 4.69) is 31.2 Å². The average Bonchev–Trinajstić information content (AvgIpc) is 2.77. The molecule has 17 heavy (non-hydrogen) atoms. The first kappa shape index (κ1) is 12.3. The van der Waals surface area contributed by atoms with Crippen LogP contribution in [0.3, 0.4) is 0 Å². The lowest BCUT2D eigenvalue weighted by Gasteiger charge is -2.15. The summed E-state index contributed by atoms with van der Waals surface area (Å²) in [6.07, 6.45) is 4.19. The molecule has 1 aromatic heterocycles. The standard InChI is InChI=1S/C12H13BrFN3/c1-15-11(7-12-16-2-3-17-12)8-4-9(13)6-10(14)5-8/h2-6,11,15H,7H2,1H3,(H,16,17). The van der Waals surface area contributed by atoms with Crippen molar-refractivity contribution in [3.63, 3.8) is 0 Å². The Morgan fingerprint density at radius 3 is 2.88 bits per heavy atom. The van der Waals surface area contributed by atoms with Crippen LogP contribution in [0.2, 0.25) is 0 Å². The number of hydrogen-bond donors (Lipinski definition) is 2. The van der Waals surface area contributed by atoms with Crippen LogP contribution in [0, 0.1) is 5.82 Å². The predicted octanol–water partition coefficient (Wildman–Crippen LogP) is 2.81. The summed E-state index contributed by atoms with van der Waals surface area (Å²) in [6, 6.07) is 4.93.